The molecule has 0 aromatic heterocycles. The Labute approximate surface area is 80.8 Å². The van der Waals surface area contributed by atoms with Gasteiger partial charge in [0.15, 0.2) is 0 Å². The summed E-state index contributed by atoms with van der Waals surface area (Å²) in [5.74, 6) is 0. The van der Waals surface area contributed by atoms with Crippen LogP contribution in [0.2, 0.25) is 0 Å². The first-order valence-electron chi connectivity index (χ1n) is 3.74. The molecule has 1 aromatic rings. The third-order valence-corrected chi connectivity index (χ3v) is 2.39. The second-order valence-electron chi connectivity index (χ2n) is 2.56. The molecule has 0 saturated carbocycles. The van der Waals surface area contributed by atoms with Crippen molar-refractivity contribution in [2.24, 2.45) is 5.73 Å². The van der Waals surface area contributed by atoms with Crippen LogP contribution in [0, 0.1) is 0 Å². The Kier molecular flexibility index (Phi) is 3.72. The summed E-state index contributed by atoms with van der Waals surface area (Å²) >= 11 is 3.45. The molecule has 0 atom stereocenters. The lowest BCUT2D eigenvalue weighted by molar-refractivity contribution is 0.184. The molecule has 0 aliphatic carbocycles. The summed E-state index contributed by atoms with van der Waals surface area (Å²) in [5, 5.41) is 0. The monoisotopic (exact) mass is 229 g/mol. The first kappa shape index (κ1) is 9.71. The molecule has 12 heavy (non-hydrogen) atoms. The van der Waals surface area contributed by atoms with Crippen molar-refractivity contribution in [2.45, 2.75) is 13.2 Å². The molecule has 0 radical (unpaired) electrons. The van der Waals surface area contributed by atoms with Gasteiger partial charge in [0.25, 0.3) is 0 Å². The maximum Gasteiger partial charge on any atom is 0.0724 e. The summed E-state index contributed by atoms with van der Waals surface area (Å²) < 4.78 is 6.08. The molecule has 0 unspecified atom stereocenters. The van der Waals surface area contributed by atoms with E-state index in [9.17, 15) is 0 Å². The average Bonchev–Trinajstić information content (AvgIpc) is 2.09. The summed E-state index contributed by atoms with van der Waals surface area (Å²) in [6.07, 6.45) is 0. The van der Waals surface area contributed by atoms with E-state index in [0.717, 1.165) is 15.6 Å². The van der Waals surface area contributed by atoms with E-state index in [2.05, 4.69) is 15.9 Å². The number of benzene rings is 1. The first-order chi connectivity index (χ1) is 5.77. The highest BCUT2D eigenvalue weighted by molar-refractivity contribution is 9.10. The fourth-order valence-corrected chi connectivity index (χ4v) is 1.53. The van der Waals surface area contributed by atoms with Gasteiger partial charge in [-0.2, -0.15) is 0 Å². The van der Waals surface area contributed by atoms with E-state index in [-0.39, 0.29) is 0 Å². The van der Waals surface area contributed by atoms with Crippen LogP contribution in [0.5, 0.6) is 0 Å². The van der Waals surface area contributed by atoms with E-state index >= 15 is 0 Å². The zero-order valence-electron chi connectivity index (χ0n) is 7.01. The maximum atomic E-state index is 5.49. The van der Waals surface area contributed by atoms with E-state index in [1.165, 1.54) is 0 Å². The molecule has 0 bridgehead atoms. The van der Waals surface area contributed by atoms with Gasteiger partial charge >= 0.3 is 0 Å². The lowest BCUT2D eigenvalue weighted by Gasteiger charge is -2.04. The quantitative estimate of drug-likeness (QED) is 0.862. The predicted molar refractivity (Wildman–Crippen MR) is 52.7 cm³/mol. The Morgan fingerprint density at radius 2 is 2.25 bits per heavy atom. The molecule has 0 heterocycles. The molecule has 0 aliphatic heterocycles. The third-order valence-electron chi connectivity index (χ3n) is 1.65. The molecule has 2 N–H and O–H groups in total. The number of hydrogen-bond acceptors (Lipinski definition) is 2. The molecule has 0 saturated heterocycles. The highest BCUT2D eigenvalue weighted by Crippen LogP contribution is 2.18. The van der Waals surface area contributed by atoms with Gasteiger partial charge in [0.05, 0.1) is 6.61 Å². The van der Waals surface area contributed by atoms with Crippen molar-refractivity contribution in [1.82, 2.24) is 0 Å². The molecule has 0 spiro atoms. The van der Waals surface area contributed by atoms with Gasteiger partial charge in [-0.1, -0.05) is 28.1 Å². The van der Waals surface area contributed by atoms with Gasteiger partial charge in [-0.15, -0.1) is 0 Å². The topological polar surface area (TPSA) is 35.2 Å². The fraction of sp³-hybridized carbons (Fsp3) is 0.333. The first-order valence-corrected chi connectivity index (χ1v) is 4.53. The van der Waals surface area contributed by atoms with Crippen LogP contribution in [-0.4, -0.2) is 7.11 Å². The molecule has 3 heteroatoms. The summed E-state index contributed by atoms with van der Waals surface area (Å²) in [7, 11) is 1.68. The maximum absolute atomic E-state index is 5.49. The SMILES string of the molecule is COCc1ccc(CN)cc1Br. The van der Waals surface area contributed by atoms with Gasteiger partial charge in [-0.3, -0.25) is 0 Å². The van der Waals surface area contributed by atoms with Crippen molar-refractivity contribution in [1.29, 1.82) is 0 Å². The van der Waals surface area contributed by atoms with E-state index in [1.54, 1.807) is 7.11 Å². The minimum Gasteiger partial charge on any atom is -0.380 e. The van der Waals surface area contributed by atoms with Crippen LogP contribution < -0.4 is 5.73 Å². The van der Waals surface area contributed by atoms with Crippen LogP contribution in [0.3, 0.4) is 0 Å². The number of rotatable bonds is 3. The average molecular weight is 230 g/mol. The van der Waals surface area contributed by atoms with Crippen LogP contribution >= 0.6 is 15.9 Å². The number of ether oxygens (including phenoxy) is 1. The molecule has 0 aliphatic rings. The van der Waals surface area contributed by atoms with Gasteiger partial charge < -0.3 is 10.5 Å². The highest BCUT2D eigenvalue weighted by atomic mass is 79.9. The van der Waals surface area contributed by atoms with Crippen LogP contribution in [0.25, 0.3) is 0 Å². The Morgan fingerprint density at radius 3 is 2.75 bits per heavy atom. The largest absolute Gasteiger partial charge is 0.380 e. The van der Waals surface area contributed by atoms with Crippen molar-refractivity contribution >= 4 is 15.9 Å². The fourth-order valence-electron chi connectivity index (χ4n) is 0.990. The Hall–Kier alpha value is -0.380. The summed E-state index contributed by atoms with van der Waals surface area (Å²) in [6.45, 7) is 1.21. The van der Waals surface area contributed by atoms with Gasteiger partial charge in [0.2, 0.25) is 0 Å². The van der Waals surface area contributed by atoms with E-state index in [0.29, 0.717) is 13.2 Å². The number of halogens is 1. The van der Waals surface area contributed by atoms with Gasteiger partial charge in [0, 0.05) is 18.1 Å². The summed E-state index contributed by atoms with van der Waals surface area (Å²) in [5.41, 5.74) is 7.77. The number of nitrogens with two attached hydrogens (primary N) is 1. The Morgan fingerprint density at radius 1 is 1.50 bits per heavy atom. The molecular weight excluding hydrogens is 218 g/mol. The normalized spacial score (nSPS) is 10.2. The van der Waals surface area contributed by atoms with Crippen molar-refractivity contribution in [2.75, 3.05) is 7.11 Å². The zero-order valence-corrected chi connectivity index (χ0v) is 8.60. The highest BCUT2D eigenvalue weighted by Gasteiger charge is 1.99. The van der Waals surface area contributed by atoms with Crippen LogP contribution in [0.1, 0.15) is 11.1 Å². The molecular formula is C9H12BrNO. The number of hydrogen-bond donors (Lipinski definition) is 1. The Bertz CT molecular complexity index is 263. The van der Waals surface area contributed by atoms with Crippen LogP contribution in [0.4, 0.5) is 0 Å². The Balaban J connectivity index is 2.87. The van der Waals surface area contributed by atoms with Crippen molar-refractivity contribution in [3.8, 4) is 0 Å². The predicted octanol–water partition coefficient (Wildman–Crippen LogP) is 2.05. The smallest absolute Gasteiger partial charge is 0.0724 e. The van der Waals surface area contributed by atoms with Gasteiger partial charge in [-0.05, 0) is 17.2 Å². The van der Waals surface area contributed by atoms with Crippen molar-refractivity contribution in [3.63, 3.8) is 0 Å². The molecule has 2 nitrogen and oxygen atoms in total. The summed E-state index contributed by atoms with van der Waals surface area (Å²) in [4.78, 5) is 0. The van der Waals surface area contributed by atoms with Crippen molar-refractivity contribution in [3.05, 3.63) is 33.8 Å². The van der Waals surface area contributed by atoms with Gasteiger partial charge in [-0.25, -0.2) is 0 Å². The van der Waals surface area contributed by atoms with E-state index in [4.69, 9.17) is 10.5 Å². The molecule has 1 aromatic carbocycles. The minimum atomic E-state index is 0.575. The van der Waals surface area contributed by atoms with Crippen LogP contribution in [-0.2, 0) is 17.9 Å². The summed E-state index contributed by atoms with van der Waals surface area (Å²) in [6, 6.07) is 6.06. The lowest BCUT2D eigenvalue weighted by atomic mass is 10.1. The second kappa shape index (κ2) is 4.60. The zero-order chi connectivity index (χ0) is 8.97. The molecule has 0 amide bonds. The van der Waals surface area contributed by atoms with Gasteiger partial charge in [0.1, 0.15) is 0 Å². The standard InChI is InChI=1S/C9H12BrNO/c1-12-6-8-3-2-7(5-11)4-9(8)10/h2-4H,5-6,11H2,1H3. The second-order valence-corrected chi connectivity index (χ2v) is 3.42. The molecule has 66 valence electrons. The number of methoxy groups -OCH3 is 1. The van der Waals surface area contributed by atoms with E-state index < -0.39 is 0 Å². The van der Waals surface area contributed by atoms with E-state index in [1.807, 2.05) is 18.2 Å². The van der Waals surface area contributed by atoms with Crippen LogP contribution in [0.15, 0.2) is 22.7 Å². The molecule has 0 fully saturated rings. The van der Waals surface area contributed by atoms with Crippen molar-refractivity contribution < 1.29 is 4.74 Å². The molecule has 1 rings (SSSR count). The minimum absolute atomic E-state index is 0.575. The lowest BCUT2D eigenvalue weighted by Crippen LogP contribution is -1.97. The third kappa shape index (κ3) is 2.30.